The van der Waals surface area contributed by atoms with Gasteiger partial charge in [0, 0.05) is 19.2 Å². The number of carbonyl (C=O) groups is 2. The number of hydrogen-bond acceptors (Lipinski definition) is 5. The van der Waals surface area contributed by atoms with Gasteiger partial charge in [0.05, 0.1) is 5.56 Å². The van der Waals surface area contributed by atoms with Gasteiger partial charge in [-0.25, -0.2) is 9.78 Å². The maximum Gasteiger partial charge on any atom is 0.349 e. The SMILES string of the molecule is CC(=O)Oc1ccc(C(=O)OI)cn1. The van der Waals surface area contributed by atoms with Crippen molar-refractivity contribution in [2.75, 3.05) is 0 Å². The molecule has 0 saturated heterocycles. The van der Waals surface area contributed by atoms with Gasteiger partial charge in [-0.05, 0) is 6.07 Å². The smallest absolute Gasteiger partial charge is 0.349 e. The van der Waals surface area contributed by atoms with E-state index in [0.717, 1.165) is 0 Å². The van der Waals surface area contributed by atoms with Crippen LogP contribution in [0.15, 0.2) is 18.3 Å². The molecule has 0 N–H and O–H groups in total. The summed E-state index contributed by atoms with van der Waals surface area (Å²) in [5.74, 6) is -0.795. The molecule has 1 rings (SSSR count). The number of aromatic nitrogens is 1. The predicted molar refractivity (Wildman–Crippen MR) is 55.0 cm³/mol. The highest BCUT2D eigenvalue weighted by Crippen LogP contribution is 2.09. The summed E-state index contributed by atoms with van der Waals surface area (Å²) in [6, 6.07) is 2.89. The fourth-order valence-corrected chi connectivity index (χ4v) is 1.01. The molecule has 0 aliphatic heterocycles. The Kier molecular flexibility index (Phi) is 3.81. The molecular formula is C8H6INO4. The summed E-state index contributed by atoms with van der Waals surface area (Å²) in [5.41, 5.74) is 0.301. The second-order valence-electron chi connectivity index (χ2n) is 2.34. The Morgan fingerprint density at radius 1 is 1.43 bits per heavy atom. The van der Waals surface area contributed by atoms with Gasteiger partial charge in [0.2, 0.25) is 5.88 Å². The van der Waals surface area contributed by atoms with Crippen molar-refractivity contribution in [3.05, 3.63) is 23.9 Å². The van der Waals surface area contributed by atoms with Crippen LogP contribution in [0.4, 0.5) is 0 Å². The third-order valence-corrected chi connectivity index (χ3v) is 1.69. The van der Waals surface area contributed by atoms with Gasteiger partial charge in [0.1, 0.15) is 0 Å². The highest BCUT2D eigenvalue weighted by Gasteiger charge is 2.07. The van der Waals surface area contributed by atoms with Crippen LogP contribution in [0.5, 0.6) is 5.88 Å². The molecule has 0 spiro atoms. The Hall–Kier alpha value is -1.18. The molecule has 0 radical (unpaired) electrons. The summed E-state index contributed by atoms with van der Waals surface area (Å²) in [6.07, 6.45) is 1.28. The first kappa shape index (κ1) is 10.9. The van der Waals surface area contributed by atoms with Crippen molar-refractivity contribution < 1.29 is 17.4 Å². The molecule has 1 aromatic rings. The lowest BCUT2D eigenvalue weighted by atomic mass is 10.3. The van der Waals surface area contributed by atoms with E-state index < -0.39 is 11.9 Å². The van der Waals surface area contributed by atoms with E-state index in [1.807, 2.05) is 0 Å². The van der Waals surface area contributed by atoms with Crippen molar-refractivity contribution in [3.8, 4) is 5.88 Å². The quantitative estimate of drug-likeness (QED) is 0.612. The lowest BCUT2D eigenvalue weighted by molar-refractivity contribution is -0.132. The summed E-state index contributed by atoms with van der Waals surface area (Å²) in [4.78, 5) is 25.2. The Labute approximate surface area is 94.1 Å². The highest BCUT2D eigenvalue weighted by atomic mass is 127. The van der Waals surface area contributed by atoms with Crippen LogP contribution in [0.2, 0.25) is 0 Å². The number of ether oxygens (including phenoxy) is 1. The monoisotopic (exact) mass is 307 g/mol. The molecule has 6 heteroatoms. The zero-order valence-electron chi connectivity index (χ0n) is 7.19. The minimum absolute atomic E-state index is 0.155. The van der Waals surface area contributed by atoms with Gasteiger partial charge in [0.15, 0.2) is 23.0 Å². The normalized spacial score (nSPS) is 9.29. The number of nitrogens with zero attached hydrogens (tertiary/aromatic N) is 1. The van der Waals surface area contributed by atoms with Crippen molar-refractivity contribution in [1.29, 1.82) is 0 Å². The van der Waals surface area contributed by atoms with Crippen LogP contribution in [0.1, 0.15) is 17.3 Å². The molecule has 0 fully saturated rings. The van der Waals surface area contributed by atoms with Crippen LogP contribution in [-0.2, 0) is 7.86 Å². The average Bonchev–Trinajstić information content (AvgIpc) is 2.17. The summed E-state index contributed by atoms with van der Waals surface area (Å²) in [5, 5.41) is 0. The van der Waals surface area contributed by atoms with Gasteiger partial charge in [-0.3, -0.25) is 4.79 Å². The molecule has 5 nitrogen and oxygen atoms in total. The van der Waals surface area contributed by atoms with E-state index in [1.54, 1.807) is 0 Å². The second kappa shape index (κ2) is 4.89. The molecular weight excluding hydrogens is 301 g/mol. The van der Waals surface area contributed by atoms with Gasteiger partial charge in [-0.1, -0.05) is 0 Å². The molecule has 0 bridgehead atoms. The minimum atomic E-state index is -0.493. The molecule has 1 aromatic heterocycles. The van der Waals surface area contributed by atoms with E-state index in [-0.39, 0.29) is 5.88 Å². The molecule has 0 unspecified atom stereocenters. The molecule has 0 saturated carbocycles. The van der Waals surface area contributed by atoms with Gasteiger partial charge < -0.3 is 7.80 Å². The molecule has 14 heavy (non-hydrogen) atoms. The molecule has 0 aliphatic carbocycles. The fourth-order valence-electron chi connectivity index (χ4n) is 0.753. The lowest BCUT2D eigenvalue weighted by Gasteiger charge is -2.00. The third-order valence-electron chi connectivity index (χ3n) is 1.29. The van der Waals surface area contributed by atoms with E-state index in [9.17, 15) is 9.59 Å². The van der Waals surface area contributed by atoms with Gasteiger partial charge in [0.25, 0.3) is 0 Å². The molecule has 0 atom stereocenters. The lowest BCUT2D eigenvalue weighted by Crippen LogP contribution is -2.04. The van der Waals surface area contributed by atoms with Crippen molar-refractivity contribution >= 4 is 34.9 Å². The van der Waals surface area contributed by atoms with Gasteiger partial charge >= 0.3 is 11.9 Å². The maximum atomic E-state index is 11.0. The van der Waals surface area contributed by atoms with Crippen LogP contribution in [0, 0.1) is 0 Å². The topological polar surface area (TPSA) is 65.5 Å². The second-order valence-corrected chi connectivity index (χ2v) is 2.78. The van der Waals surface area contributed by atoms with Crippen LogP contribution in [-0.4, -0.2) is 16.9 Å². The Bertz CT molecular complexity index is 349. The summed E-state index contributed by atoms with van der Waals surface area (Å²) in [7, 11) is 0. The minimum Gasteiger partial charge on any atom is -0.408 e. The van der Waals surface area contributed by atoms with Crippen LogP contribution in [0.25, 0.3) is 0 Å². The Morgan fingerprint density at radius 3 is 2.57 bits per heavy atom. The van der Waals surface area contributed by atoms with Crippen molar-refractivity contribution in [3.63, 3.8) is 0 Å². The first-order chi connectivity index (χ1) is 6.63. The first-order valence-corrected chi connectivity index (χ1v) is 4.49. The highest BCUT2D eigenvalue weighted by molar-refractivity contribution is 14.1. The van der Waals surface area contributed by atoms with E-state index >= 15 is 0 Å². The summed E-state index contributed by atoms with van der Waals surface area (Å²) in [6.45, 7) is 1.27. The zero-order chi connectivity index (χ0) is 10.6. The Balaban J connectivity index is 2.78. The van der Waals surface area contributed by atoms with Crippen LogP contribution < -0.4 is 4.74 Å². The Morgan fingerprint density at radius 2 is 2.14 bits per heavy atom. The van der Waals surface area contributed by atoms with Crippen molar-refractivity contribution in [2.45, 2.75) is 6.92 Å². The molecule has 0 aromatic carbocycles. The molecule has 0 aliphatic rings. The number of rotatable bonds is 2. The van der Waals surface area contributed by atoms with Crippen molar-refractivity contribution in [2.24, 2.45) is 0 Å². The largest absolute Gasteiger partial charge is 0.408 e. The van der Waals surface area contributed by atoms with Crippen LogP contribution in [0.3, 0.4) is 0 Å². The third kappa shape index (κ3) is 2.95. The predicted octanol–water partition coefficient (Wildman–Crippen LogP) is 1.51. The number of pyridine rings is 1. The first-order valence-electron chi connectivity index (χ1n) is 3.61. The summed E-state index contributed by atoms with van der Waals surface area (Å²) >= 11 is 1.48. The van der Waals surface area contributed by atoms with Gasteiger partial charge in [-0.15, -0.1) is 0 Å². The average molecular weight is 307 g/mol. The molecule has 1 heterocycles. The van der Waals surface area contributed by atoms with E-state index in [2.05, 4.69) is 12.8 Å². The number of hydrogen-bond donors (Lipinski definition) is 0. The van der Waals surface area contributed by atoms with E-state index in [0.29, 0.717) is 5.56 Å². The van der Waals surface area contributed by atoms with E-state index in [1.165, 1.54) is 48.3 Å². The number of carbonyl (C=O) groups excluding carboxylic acids is 2. The van der Waals surface area contributed by atoms with E-state index in [4.69, 9.17) is 0 Å². The van der Waals surface area contributed by atoms with Crippen LogP contribution >= 0.6 is 23.0 Å². The maximum absolute atomic E-state index is 11.0. The number of esters is 1. The summed E-state index contributed by atoms with van der Waals surface area (Å²) < 4.78 is 9.12. The molecule has 0 amide bonds. The number of halogens is 1. The standard InChI is InChI=1S/C8H6INO4/c1-5(11)13-7-3-2-6(4-10-7)8(12)14-9/h2-4H,1H3. The zero-order valence-corrected chi connectivity index (χ0v) is 9.35. The van der Waals surface area contributed by atoms with Crippen molar-refractivity contribution in [1.82, 2.24) is 4.98 Å². The molecule has 74 valence electrons. The van der Waals surface area contributed by atoms with Gasteiger partial charge in [-0.2, -0.15) is 0 Å². The fraction of sp³-hybridized carbons (Fsp3) is 0.125.